The molecule has 9 nitrogen and oxygen atoms in total. The summed E-state index contributed by atoms with van der Waals surface area (Å²) in [5.74, 6) is -0.973. The number of carbonyl (C=O) groups is 3. The summed E-state index contributed by atoms with van der Waals surface area (Å²) in [6, 6.07) is 4.42. The van der Waals surface area contributed by atoms with Gasteiger partial charge in [0.05, 0.1) is 25.4 Å². The number of hydrogen-bond donors (Lipinski definition) is 1. The minimum atomic E-state index is -1.05. The molecular weight excluding hydrogens is 356 g/mol. The number of benzene rings is 1. The number of nitrogens with two attached hydrogens (primary N) is 1. The summed E-state index contributed by atoms with van der Waals surface area (Å²) in [6.07, 6.45) is -1.05. The van der Waals surface area contributed by atoms with Crippen LogP contribution in [0, 0.1) is 0 Å². The van der Waals surface area contributed by atoms with Crippen LogP contribution < -0.4 is 15.2 Å². The topological polar surface area (TPSA) is 117 Å². The number of nitrogens with zero attached hydrogens (tertiary/aromatic N) is 1. The maximum atomic E-state index is 12.2. The van der Waals surface area contributed by atoms with Crippen LogP contribution in [0.4, 0.5) is 0 Å². The Morgan fingerprint density at radius 1 is 1.19 bits per heavy atom. The Morgan fingerprint density at radius 3 is 2.52 bits per heavy atom. The molecule has 0 bridgehead atoms. The van der Waals surface area contributed by atoms with Crippen molar-refractivity contribution < 1.29 is 33.3 Å². The average Bonchev–Trinajstić information content (AvgIpc) is 2.67. The van der Waals surface area contributed by atoms with Gasteiger partial charge in [-0.3, -0.25) is 9.59 Å². The standard InChI is InChI=1S/C18H24N2O7/c1-3-25-15-10-13(18(23)27-12(2)17(19)22)4-5-14(15)26-11-16(21)20-6-8-24-9-7-20/h4-5,10,12H,3,6-9,11H2,1-2H3,(H2,19,22)/t12-/m1/s1. The lowest BCUT2D eigenvalue weighted by molar-refractivity contribution is -0.137. The lowest BCUT2D eigenvalue weighted by Gasteiger charge is -2.26. The van der Waals surface area contributed by atoms with Crippen LogP contribution in [-0.2, 0) is 19.1 Å². The third-order valence-corrected chi connectivity index (χ3v) is 3.88. The van der Waals surface area contributed by atoms with Crippen LogP contribution in [0.5, 0.6) is 11.5 Å². The van der Waals surface area contributed by atoms with E-state index in [1.165, 1.54) is 25.1 Å². The summed E-state index contributed by atoms with van der Waals surface area (Å²) >= 11 is 0. The first kappa shape index (κ1) is 20.5. The summed E-state index contributed by atoms with van der Waals surface area (Å²) < 4.78 is 21.2. The number of esters is 1. The van der Waals surface area contributed by atoms with Crippen LogP contribution in [-0.4, -0.2) is 68.3 Å². The lowest BCUT2D eigenvalue weighted by atomic mass is 10.2. The normalized spacial score (nSPS) is 15.0. The zero-order valence-corrected chi connectivity index (χ0v) is 15.4. The Kier molecular flexibility index (Phi) is 7.42. The molecular formula is C18H24N2O7. The van der Waals surface area contributed by atoms with Crippen molar-refractivity contribution in [2.45, 2.75) is 20.0 Å². The van der Waals surface area contributed by atoms with Gasteiger partial charge in [0.1, 0.15) is 0 Å². The van der Waals surface area contributed by atoms with Gasteiger partial charge < -0.3 is 29.6 Å². The molecule has 2 amide bonds. The van der Waals surface area contributed by atoms with Crippen LogP contribution in [0.1, 0.15) is 24.2 Å². The summed E-state index contributed by atoms with van der Waals surface area (Å²) in [5, 5.41) is 0. The van der Waals surface area contributed by atoms with Crippen molar-refractivity contribution in [1.29, 1.82) is 0 Å². The third kappa shape index (κ3) is 5.85. The molecule has 2 rings (SSSR count). The Morgan fingerprint density at radius 2 is 1.89 bits per heavy atom. The Balaban J connectivity index is 2.04. The van der Waals surface area contributed by atoms with Crippen LogP contribution in [0.15, 0.2) is 18.2 Å². The molecule has 0 spiro atoms. The minimum absolute atomic E-state index is 0.150. The van der Waals surface area contributed by atoms with Gasteiger partial charge in [0.25, 0.3) is 11.8 Å². The van der Waals surface area contributed by atoms with E-state index in [1.807, 2.05) is 0 Å². The largest absolute Gasteiger partial charge is 0.490 e. The number of morpholine rings is 1. The highest BCUT2D eigenvalue weighted by Gasteiger charge is 2.20. The molecule has 148 valence electrons. The molecule has 1 aromatic rings. The average molecular weight is 380 g/mol. The molecule has 0 unspecified atom stereocenters. The number of carbonyl (C=O) groups excluding carboxylic acids is 3. The highest BCUT2D eigenvalue weighted by atomic mass is 16.5. The Labute approximate surface area is 157 Å². The van der Waals surface area contributed by atoms with Gasteiger partial charge in [0.15, 0.2) is 24.2 Å². The summed E-state index contributed by atoms with van der Waals surface area (Å²) in [6.45, 7) is 5.44. The molecule has 0 aliphatic carbocycles. The number of ether oxygens (including phenoxy) is 4. The van der Waals surface area contributed by atoms with Gasteiger partial charge in [-0.1, -0.05) is 0 Å². The van der Waals surface area contributed by atoms with Crippen LogP contribution in [0.25, 0.3) is 0 Å². The monoisotopic (exact) mass is 380 g/mol. The van der Waals surface area contributed by atoms with Crippen molar-refractivity contribution in [3.63, 3.8) is 0 Å². The zero-order chi connectivity index (χ0) is 19.8. The van der Waals surface area contributed by atoms with Crippen LogP contribution >= 0.6 is 0 Å². The smallest absolute Gasteiger partial charge is 0.339 e. The second-order valence-electron chi connectivity index (χ2n) is 5.83. The first-order chi connectivity index (χ1) is 12.9. The minimum Gasteiger partial charge on any atom is -0.490 e. The van der Waals surface area contributed by atoms with Crippen LogP contribution in [0.3, 0.4) is 0 Å². The van der Waals surface area contributed by atoms with Gasteiger partial charge in [0, 0.05) is 13.1 Å². The highest BCUT2D eigenvalue weighted by molar-refractivity contribution is 5.92. The molecule has 0 aromatic heterocycles. The zero-order valence-electron chi connectivity index (χ0n) is 15.4. The molecule has 1 aliphatic heterocycles. The van der Waals surface area contributed by atoms with E-state index in [0.717, 1.165) is 0 Å². The second kappa shape index (κ2) is 9.77. The van der Waals surface area contributed by atoms with E-state index in [0.29, 0.717) is 44.4 Å². The quantitative estimate of drug-likeness (QED) is 0.647. The first-order valence-electron chi connectivity index (χ1n) is 8.67. The van der Waals surface area contributed by atoms with Gasteiger partial charge in [-0.2, -0.15) is 0 Å². The first-order valence-corrected chi connectivity index (χ1v) is 8.67. The van der Waals surface area contributed by atoms with E-state index in [4.69, 9.17) is 24.7 Å². The second-order valence-corrected chi connectivity index (χ2v) is 5.83. The van der Waals surface area contributed by atoms with Gasteiger partial charge in [-0.05, 0) is 32.0 Å². The van der Waals surface area contributed by atoms with Gasteiger partial charge in [0.2, 0.25) is 0 Å². The predicted octanol–water partition coefficient (Wildman–Crippen LogP) is 0.354. The summed E-state index contributed by atoms with van der Waals surface area (Å²) in [5.41, 5.74) is 5.27. The van der Waals surface area contributed by atoms with Gasteiger partial charge in [-0.25, -0.2) is 4.79 Å². The van der Waals surface area contributed by atoms with E-state index in [2.05, 4.69) is 0 Å². The Hall–Kier alpha value is -2.81. The van der Waals surface area contributed by atoms with E-state index < -0.39 is 18.0 Å². The molecule has 27 heavy (non-hydrogen) atoms. The van der Waals surface area contributed by atoms with E-state index in [-0.39, 0.29) is 18.1 Å². The SMILES string of the molecule is CCOc1cc(C(=O)O[C@H](C)C(N)=O)ccc1OCC(=O)N1CCOCC1. The van der Waals surface area contributed by atoms with Gasteiger partial charge >= 0.3 is 5.97 Å². The summed E-state index contributed by atoms with van der Waals surface area (Å²) in [7, 11) is 0. The van der Waals surface area contributed by atoms with Crippen molar-refractivity contribution in [2.24, 2.45) is 5.73 Å². The van der Waals surface area contributed by atoms with Crippen molar-refractivity contribution in [3.8, 4) is 11.5 Å². The van der Waals surface area contributed by atoms with Crippen molar-refractivity contribution in [3.05, 3.63) is 23.8 Å². The molecule has 1 aliphatic rings. The highest BCUT2D eigenvalue weighted by Crippen LogP contribution is 2.29. The number of rotatable bonds is 8. The molecule has 1 aromatic carbocycles. The van der Waals surface area contributed by atoms with E-state index in [1.54, 1.807) is 11.8 Å². The number of amides is 2. The molecule has 1 atom stereocenters. The molecule has 1 heterocycles. The predicted molar refractivity (Wildman–Crippen MR) is 94.6 cm³/mol. The molecule has 1 fully saturated rings. The fraction of sp³-hybridized carbons (Fsp3) is 0.500. The molecule has 9 heteroatoms. The lowest BCUT2D eigenvalue weighted by Crippen LogP contribution is -2.43. The maximum Gasteiger partial charge on any atom is 0.339 e. The maximum absolute atomic E-state index is 12.2. The molecule has 0 radical (unpaired) electrons. The Bertz CT molecular complexity index is 686. The van der Waals surface area contributed by atoms with Crippen molar-refractivity contribution in [2.75, 3.05) is 39.5 Å². The number of hydrogen-bond acceptors (Lipinski definition) is 7. The van der Waals surface area contributed by atoms with Crippen molar-refractivity contribution >= 4 is 17.8 Å². The van der Waals surface area contributed by atoms with Crippen molar-refractivity contribution in [1.82, 2.24) is 4.90 Å². The fourth-order valence-electron chi connectivity index (χ4n) is 2.35. The summed E-state index contributed by atoms with van der Waals surface area (Å²) in [4.78, 5) is 37.0. The molecule has 1 saturated heterocycles. The van der Waals surface area contributed by atoms with E-state index in [9.17, 15) is 14.4 Å². The van der Waals surface area contributed by atoms with Crippen LogP contribution in [0.2, 0.25) is 0 Å². The third-order valence-electron chi connectivity index (χ3n) is 3.88. The number of primary amides is 1. The molecule has 2 N–H and O–H groups in total. The molecule has 0 saturated carbocycles. The van der Waals surface area contributed by atoms with Gasteiger partial charge in [-0.15, -0.1) is 0 Å². The van der Waals surface area contributed by atoms with E-state index >= 15 is 0 Å². The fourth-order valence-corrected chi connectivity index (χ4v) is 2.35.